The van der Waals surface area contributed by atoms with Gasteiger partial charge in [-0.15, -0.1) is 0 Å². The molecule has 1 aliphatic carbocycles. The maximum Gasteiger partial charge on any atom is 0.343 e. The fraction of sp³-hybridized carbons (Fsp3) is 0.536. The minimum Gasteiger partial charge on any atom is -0.423 e. The third-order valence-electron chi connectivity index (χ3n) is 6.78. The summed E-state index contributed by atoms with van der Waals surface area (Å²) in [6.45, 7) is 4.29. The van der Waals surface area contributed by atoms with Gasteiger partial charge in [-0.05, 0) is 61.4 Å². The van der Waals surface area contributed by atoms with Gasteiger partial charge >= 0.3 is 5.97 Å². The lowest BCUT2D eigenvalue weighted by molar-refractivity contribution is 0.0734. The molecular weight excluding hydrogens is 368 g/mol. The van der Waals surface area contributed by atoms with Crippen LogP contribution >= 0.6 is 0 Å². The average Bonchev–Trinajstić information content (AvgIpc) is 2.78. The molecule has 2 heteroatoms. The molecule has 0 heterocycles. The number of unbranched alkanes of at least 4 members (excludes halogenated alkanes) is 5. The van der Waals surface area contributed by atoms with E-state index < -0.39 is 0 Å². The van der Waals surface area contributed by atoms with Crippen molar-refractivity contribution < 1.29 is 9.53 Å². The van der Waals surface area contributed by atoms with Crippen LogP contribution in [0.4, 0.5) is 0 Å². The number of hydrogen-bond donors (Lipinski definition) is 0. The quantitative estimate of drug-likeness (QED) is 0.226. The number of aryl methyl sites for hydroxylation is 1. The highest BCUT2D eigenvalue weighted by molar-refractivity contribution is 5.91. The van der Waals surface area contributed by atoms with E-state index >= 15 is 0 Å². The van der Waals surface area contributed by atoms with Crippen LogP contribution in [0.3, 0.4) is 0 Å². The molecular formula is C28H38O2. The Labute approximate surface area is 183 Å². The highest BCUT2D eigenvalue weighted by Gasteiger charge is 2.33. The molecule has 0 atom stereocenters. The average molecular weight is 407 g/mol. The smallest absolute Gasteiger partial charge is 0.343 e. The molecule has 0 unspecified atom stereocenters. The number of ether oxygens (including phenoxy) is 1. The zero-order valence-corrected chi connectivity index (χ0v) is 18.9. The molecule has 2 nitrogen and oxygen atoms in total. The van der Waals surface area contributed by atoms with Crippen molar-refractivity contribution in [2.75, 3.05) is 0 Å². The van der Waals surface area contributed by atoms with E-state index in [2.05, 4.69) is 19.1 Å². The lowest BCUT2D eigenvalue weighted by atomic mass is 9.66. The number of rotatable bonds is 10. The van der Waals surface area contributed by atoms with Crippen molar-refractivity contribution in [3.63, 3.8) is 0 Å². The van der Waals surface area contributed by atoms with Crippen LogP contribution in [0.2, 0.25) is 0 Å². The van der Waals surface area contributed by atoms with E-state index in [1.807, 2.05) is 43.3 Å². The number of carbonyl (C=O) groups excluding carboxylic acids is 1. The van der Waals surface area contributed by atoms with Crippen molar-refractivity contribution in [1.29, 1.82) is 0 Å². The zero-order chi connectivity index (χ0) is 21.2. The van der Waals surface area contributed by atoms with Gasteiger partial charge in [-0.1, -0.05) is 94.5 Å². The second-order valence-corrected chi connectivity index (χ2v) is 9.14. The molecule has 0 aromatic heterocycles. The minimum absolute atomic E-state index is 0.290. The maximum atomic E-state index is 12.4. The van der Waals surface area contributed by atoms with Crippen molar-refractivity contribution >= 4 is 5.97 Å². The Bertz CT molecular complexity index is 767. The molecule has 2 aromatic rings. The third kappa shape index (κ3) is 6.20. The first-order chi connectivity index (χ1) is 14.6. The van der Waals surface area contributed by atoms with E-state index in [0.717, 1.165) is 5.56 Å². The first-order valence-corrected chi connectivity index (χ1v) is 12.0. The van der Waals surface area contributed by atoms with Crippen LogP contribution in [-0.2, 0) is 5.41 Å². The van der Waals surface area contributed by atoms with Gasteiger partial charge in [0.15, 0.2) is 0 Å². The van der Waals surface area contributed by atoms with E-state index in [4.69, 9.17) is 4.74 Å². The molecule has 0 spiro atoms. The predicted molar refractivity (Wildman–Crippen MR) is 125 cm³/mol. The van der Waals surface area contributed by atoms with Crippen LogP contribution in [0.15, 0.2) is 48.5 Å². The van der Waals surface area contributed by atoms with E-state index in [1.54, 1.807) is 0 Å². The Morgan fingerprint density at radius 1 is 0.833 bits per heavy atom. The van der Waals surface area contributed by atoms with E-state index in [9.17, 15) is 4.79 Å². The van der Waals surface area contributed by atoms with Gasteiger partial charge in [0.1, 0.15) is 5.75 Å². The summed E-state index contributed by atoms with van der Waals surface area (Å²) in [7, 11) is 0. The van der Waals surface area contributed by atoms with E-state index in [0.29, 0.717) is 16.7 Å². The van der Waals surface area contributed by atoms with Gasteiger partial charge in [0.2, 0.25) is 0 Å². The fourth-order valence-electron chi connectivity index (χ4n) is 4.89. The monoisotopic (exact) mass is 406 g/mol. The SMILES string of the molecule is CCCCCCCCC1(c2ccc(OC(=O)c3ccc(C)cc3)cc2)CCCCC1. The highest BCUT2D eigenvalue weighted by Crippen LogP contribution is 2.43. The Morgan fingerprint density at radius 3 is 2.13 bits per heavy atom. The minimum atomic E-state index is -0.290. The van der Waals surface area contributed by atoms with Crippen LogP contribution in [0, 0.1) is 6.92 Å². The zero-order valence-electron chi connectivity index (χ0n) is 18.9. The Hall–Kier alpha value is -2.09. The predicted octanol–water partition coefficient (Wildman–Crippen LogP) is 8.17. The Balaban J connectivity index is 1.62. The summed E-state index contributed by atoms with van der Waals surface area (Å²) in [6, 6.07) is 15.9. The van der Waals surface area contributed by atoms with Crippen molar-refractivity contribution in [2.45, 2.75) is 96.3 Å². The summed E-state index contributed by atoms with van der Waals surface area (Å²) in [5.74, 6) is 0.344. The Kier molecular flexibility index (Phi) is 8.54. The summed E-state index contributed by atoms with van der Waals surface area (Å²) in [6.07, 6.45) is 16.0. The molecule has 0 amide bonds. The normalized spacial score (nSPS) is 15.7. The number of esters is 1. The summed E-state index contributed by atoms with van der Waals surface area (Å²) in [5.41, 5.74) is 3.49. The maximum absolute atomic E-state index is 12.4. The van der Waals surface area contributed by atoms with E-state index in [1.165, 1.54) is 82.6 Å². The molecule has 0 saturated heterocycles. The molecule has 2 aromatic carbocycles. The molecule has 0 radical (unpaired) electrons. The number of benzene rings is 2. The third-order valence-corrected chi connectivity index (χ3v) is 6.78. The summed E-state index contributed by atoms with van der Waals surface area (Å²) in [5, 5.41) is 0. The van der Waals surface area contributed by atoms with Crippen molar-refractivity contribution in [3.8, 4) is 5.75 Å². The van der Waals surface area contributed by atoms with Crippen LogP contribution in [0.1, 0.15) is 105 Å². The highest BCUT2D eigenvalue weighted by atomic mass is 16.5. The van der Waals surface area contributed by atoms with Gasteiger partial charge in [0.05, 0.1) is 5.56 Å². The standard InChI is InChI=1S/C28H38O2/c1-3-4-5-6-7-9-20-28(21-10-8-11-22-28)25-16-18-26(19-17-25)30-27(29)24-14-12-23(2)13-15-24/h12-19H,3-11,20-22H2,1-2H3. The first kappa shape index (κ1) is 22.6. The van der Waals surface area contributed by atoms with Gasteiger partial charge in [0.25, 0.3) is 0 Å². The second-order valence-electron chi connectivity index (χ2n) is 9.14. The van der Waals surface area contributed by atoms with Crippen LogP contribution in [-0.4, -0.2) is 5.97 Å². The fourth-order valence-corrected chi connectivity index (χ4v) is 4.89. The second kappa shape index (κ2) is 11.3. The number of carbonyl (C=O) groups is 1. The summed E-state index contributed by atoms with van der Waals surface area (Å²) < 4.78 is 5.61. The molecule has 0 bridgehead atoms. The number of hydrogen-bond acceptors (Lipinski definition) is 2. The lowest BCUT2D eigenvalue weighted by Gasteiger charge is -2.38. The van der Waals surface area contributed by atoms with Crippen LogP contribution < -0.4 is 4.74 Å². The van der Waals surface area contributed by atoms with Gasteiger partial charge in [-0.25, -0.2) is 4.79 Å². The Morgan fingerprint density at radius 2 is 1.47 bits per heavy atom. The molecule has 30 heavy (non-hydrogen) atoms. The molecule has 1 fully saturated rings. The van der Waals surface area contributed by atoms with Crippen molar-refractivity contribution in [2.24, 2.45) is 0 Å². The molecule has 0 N–H and O–H groups in total. The summed E-state index contributed by atoms with van der Waals surface area (Å²) >= 11 is 0. The van der Waals surface area contributed by atoms with Crippen molar-refractivity contribution in [3.05, 3.63) is 65.2 Å². The topological polar surface area (TPSA) is 26.3 Å². The van der Waals surface area contributed by atoms with Crippen LogP contribution in [0.5, 0.6) is 5.75 Å². The van der Waals surface area contributed by atoms with Gasteiger partial charge in [-0.3, -0.25) is 0 Å². The van der Waals surface area contributed by atoms with Crippen LogP contribution in [0.25, 0.3) is 0 Å². The van der Waals surface area contributed by atoms with E-state index in [-0.39, 0.29) is 5.97 Å². The molecule has 1 aliphatic rings. The molecule has 1 saturated carbocycles. The van der Waals surface area contributed by atoms with Gasteiger partial charge < -0.3 is 4.74 Å². The largest absolute Gasteiger partial charge is 0.423 e. The van der Waals surface area contributed by atoms with Gasteiger partial charge in [-0.2, -0.15) is 0 Å². The van der Waals surface area contributed by atoms with Crippen molar-refractivity contribution in [1.82, 2.24) is 0 Å². The summed E-state index contributed by atoms with van der Waals surface area (Å²) in [4.78, 5) is 12.4. The van der Waals surface area contributed by atoms with Gasteiger partial charge in [0, 0.05) is 0 Å². The first-order valence-electron chi connectivity index (χ1n) is 12.0. The lowest BCUT2D eigenvalue weighted by Crippen LogP contribution is -2.29. The molecule has 162 valence electrons. The molecule has 0 aliphatic heterocycles. The molecule has 3 rings (SSSR count).